The van der Waals surface area contributed by atoms with Gasteiger partial charge >= 0.3 is 0 Å². The van der Waals surface area contributed by atoms with Crippen LogP contribution < -0.4 is 5.32 Å². The van der Waals surface area contributed by atoms with Crippen LogP contribution in [0.2, 0.25) is 0 Å². The molecule has 0 radical (unpaired) electrons. The Hall–Kier alpha value is -1.78. The average Bonchev–Trinajstić information content (AvgIpc) is 3.01. The maximum Gasteiger partial charge on any atom is 0.116 e. The number of thiophene rings is 1. The third kappa shape index (κ3) is 3.28. The topological polar surface area (TPSA) is 37.8 Å². The Bertz CT molecular complexity index is 693. The van der Waals surface area contributed by atoms with Crippen molar-refractivity contribution in [3.8, 4) is 0 Å². The van der Waals surface area contributed by atoms with Crippen molar-refractivity contribution in [1.82, 2.24) is 15.3 Å². The molecule has 0 spiro atoms. The van der Waals surface area contributed by atoms with E-state index in [4.69, 9.17) is 0 Å². The third-order valence-electron chi connectivity index (χ3n) is 3.56. The molecule has 1 atom stereocenters. The number of fused-ring (bicyclic) bond motifs is 1. The van der Waals surface area contributed by atoms with Gasteiger partial charge in [-0.05, 0) is 30.0 Å². The molecule has 1 aromatic carbocycles. The molecule has 1 N–H and O–H groups in total. The van der Waals surface area contributed by atoms with Crippen LogP contribution in [0.4, 0.5) is 0 Å². The summed E-state index contributed by atoms with van der Waals surface area (Å²) in [5, 5.41) is 5.72. The summed E-state index contributed by atoms with van der Waals surface area (Å²) in [4.78, 5) is 8.83. The molecule has 3 rings (SSSR count). The molecule has 0 amide bonds. The summed E-state index contributed by atoms with van der Waals surface area (Å²) in [6.45, 7) is 3.20. The molecule has 1 unspecified atom stereocenters. The van der Waals surface area contributed by atoms with Gasteiger partial charge in [-0.1, -0.05) is 37.3 Å². The van der Waals surface area contributed by atoms with E-state index in [1.807, 2.05) is 0 Å². The fourth-order valence-corrected chi connectivity index (χ4v) is 3.34. The minimum Gasteiger partial charge on any atom is -0.310 e. The normalized spacial score (nSPS) is 12.6. The molecule has 0 bridgehead atoms. The van der Waals surface area contributed by atoms with E-state index in [9.17, 15) is 0 Å². The molecule has 108 valence electrons. The summed E-state index contributed by atoms with van der Waals surface area (Å²) in [7, 11) is 0. The standard InChI is InChI=1S/C17H19N3S/c1-2-9-18-15(13-6-4-3-5-7-13)11-16-17-14(8-10-21-17)19-12-20-16/h3-8,10,12,15,18H,2,9,11H2,1H3. The summed E-state index contributed by atoms with van der Waals surface area (Å²) in [5.74, 6) is 0. The van der Waals surface area contributed by atoms with Crippen molar-refractivity contribution >= 4 is 21.6 Å². The summed E-state index contributed by atoms with van der Waals surface area (Å²) in [5.41, 5.74) is 3.49. The molecular formula is C17H19N3S. The Morgan fingerprint density at radius 2 is 2.00 bits per heavy atom. The maximum atomic E-state index is 4.51. The third-order valence-corrected chi connectivity index (χ3v) is 4.51. The van der Waals surface area contributed by atoms with Crippen LogP contribution >= 0.6 is 11.3 Å². The van der Waals surface area contributed by atoms with Gasteiger partial charge in [0.2, 0.25) is 0 Å². The van der Waals surface area contributed by atoms with Crippen LogP contribution in [0, 0.1) is 0 Å². The van der Waals surface area contributed by atoms with Gasteiger partial charge in [0.05, 0.1) is 15.9 Å². The first-order valence-electron chi connectivity index (χ1n) is 7.34. The van der Waals surface area contributed by atoms with Crippen molar-refractivity contribution in [2.24, 2.45) is 0 Å². The lowest BCUT2D eigenvalue weighted by Gasteiger charge is -2.19. The van der Waals surface area contributed by atoms with E-state index >= 15 is 0 Å². The lowest BCUT2D eigenvalue weighted by molar-refractivity contribution is 0.526. The van der Waals surface area contributed by atoms with Crippen LogP contribution in [0.1, 0.15) is 30.6 Å². The van der Waals surface area contributed by atoms with Crippen molar-refractivity contribution in [1.29, 1.82) is 0 Å². The zero-order valence-electron chi connectivity index (χ0n) is 12.1. The first-order valence-corrected chi connectivity index (χ1v) is 8.22. The van der Waals surface area contributed by atoms with E-state index in [0.717, 1.165) is 30.6 Å². The van der Waals surface area contributed by atoms with Gasteiger partial charge in [0.25, 0.3) is 0 Å². The SMILES string of the molecule is CCCNC(Cc1ncnc2ccsc12)c1ccccc1. The highest BCUT2D eigenvalue weighted by molar-refractivity contribution is 7.17. The number of nitrogens with zero attached hydrogens (tertiary/aromatic N) is 2. The molecule has 2 heterocycles. The Morgan fingerprint density at radius 3 is 2.81 bits per heavy atom. The van der Waals surface area contributed by atoms with E-state index in [1.165, 1.54) is 10.3 Å². The Labute approximate surface area is 129 Å². The second kappa shape index (κ2) is 6.78. The van der Waals surface area contributed by atoms with Crippen LogP contribution in [0.3, 0.4) is 0 Å². The molecule has 0 aliphatic rings. The zero-order valence-corrected chi connectivity index (χ0v) is 12.9. The molecule has 3 nitrogen and oxygen atoms in total. The summed E-state index contributed by atoms with van der Waals surface area (Å²) in [6, 6.07) is 13.0. The van der Waals surface area contributed by atoms with Gasteiger partial charge in [-0.2, -0.15) is 0 Å². The number of nitrogens with one attached hydrogen (secondary N) is 1. The summed E-state index contributed by atoms with van der Waals surface area (Å²) >= 11 is 1.72. The molecule has 0 aliphatic heterocycles. The second-order valence-electron chi connectivity index (χ2n) is 5.08. The molecular weight excluding hydrogens is 278 g/mol. The Balaban J connectivity index is 1.89. The van der Waals surface area contributed by atoms with Crippen molar-refractivity contribution in [3.63, 3.8) is 0 Å². The molecule has 0 aliphatic carbocycles. The molecule has 2 aromatic heterocycles. The lowest BCUT2D eigenvalue weighted by atomic mass is 10.0. The highest BCUT2D eigenvalue weighted by Gasteiger charge is 2.14. The second-order valence-corrected chi connectivity index (χ2v) is 5.99. The van der Waals surface area contributed by atoms with Gasteiger partial charge < -0.3 is 5.32 Å². The van der Waals surface area contributed by atoms with Gasteiger partial charge in [-0.3, -0.25) is 0 Å². The quantitative estimate of drug-likeness (QED) is 0.748. The van der Waals surface area contributed by atoms with Crippen molar-refractivity contribution in [2.45, 2.75) is 25.8 Å². The van der Waals surface area contributed by atoms with Crippen LogP contribution in [-0.4, -0.2) is 16.5 Å². The van der Waals surface area contributed by atoms with Crippen LogP contribution in [-0.2, 0) is 6.42 Å². The highest BCUT2D eigenvalue weighted by atomic mass is 32.1. The predicted octanol–water partition coefficient (Wildman–Crippen LogP) is 3.97. The Kier molecular flexibility index (Phi) is 4.58. The molecule has 3 aromatic rings. The van der Waals surface area contributed by atoms with Gasteiger partial charge in [-0.15, -0.1) is 11.3 Å². The minimum atomic E-state index is 0.298. The molecule has 0 fully saturated rings. The number of hydrogen-bond donors (Lipinski definition) is 1. The highest BCUT2D eigenvalue weighted by Crippen LogP contribution is 2.25. The van der Waals surface area contributed by atoms with Crippen molar-refractivity contribution in [2.75, 3.05) is 6.54 Å². The van der Waals surface area contributed by atoms with E-state index in [-0.39, 0.29) is 0 Å². The fraction of sp³-hybridized carbons (Fsp3) is 0.294. The number of rotatable bonds is 6. The van der Waals surface area contributed by atoms with Gasteiger partial charge in [-0.25, -0.2) is 9.97 Å². The van der Waals surface area contributed by atoms with Crippen LogP contribution in [0.15, 0.2) is 48.1 Å². The van der Waals surface area contributed by atoms with E-state index in [1.54, 1.807) is 17.7 Å². The average molecular weight is 297 g/mol. The van der Waals surface area contributed by atoms with E-state index < -0.39 is 0 Å². The molecule has 21 heavy (non-hydrogen) atoms. The van der Waals surface area contributed by atoms with Crippen LogP contribution in [0.25, 0.3) is 10.2 Å². The molecule has 4 heteroatoms. The van der Waals surface area contributed by atoms with Crippen molar-refractivity contribution in [3.05, 3.63) is 59.4 Å². The fourth-order valence-electron chi connectivity index (χ4n) is 2.49. The van der Waals surface area contributed by atoms with E-state index in [0.29, 0.717) is 6.04 Å². The lowest BCUT2D eigenvalue weighted by Crippen LogP contribution is -2.24. The number of aromatic nitrogens is 2. The number of benzene rings is 1. The monoisotopic (exact) mass is 297 g/mol. The van der Waals surface area contributed by atoms with Crippen LogP contribution in [0.5, 0.6) is 0 Å². The molecule has 0 saturated heterocycles. The smallest absolute Gasteiger partial charge is 0.116 e. The summed E-state index contributed by atoms with van der Waals surface area (Å²) < 4.78 is 1.21. The van der Waals surface area contributed by atoms with E-state index in [2.05, 4.69) is 64.0 Å². The largest absolute Gasteiger partial charge is 0.310 e. The predicted molar refractivity (Wildman–Crippen MR) is 88.6 cm³/mol. The number of hydrogen-bond acceptors (Lipinski definition) is 4. The summed E-state index contributed by atoms with van der Waals surface area (Å²) in [6.07, 6.45) is 3.69. The zero-order chi connectivity index (χ0) is 14.5. The molecule has 0 saturated carbocycles. The van der Waals surface area contributed by atoms with Gasteiger partial charge in [0.1, 0.15) is 6.33 Å². The first kappa shape index (κ1) is 14.2. The minimum absolute atomic E-state index is 0.298. The Morgan fingerprint density at radius 1 is 1.14 bits per heavy atom. The first-order chi connectivity index (χ1) is 10.4. The van der Waals surface area contributed by atoms with Crippen molar-refractivity contribution < 1.29 is 0 Å². The van der Waals surface area contributed by atoms with Gasteiger partial charge in [0.15, 0.2) is 0 Å². The maximum absolute atomic E-state index is 4.51. The van der Waals surface area contributed by atoms with Gasteiger partial charge in [0, 0.05) is 12.5 Å².